The van der Waals surface area contributed by atoms with Gasteiger partial charge in [-0.2, -0.15) is 0 Å². The Kier molecular flexibility index (Phi) is 6.05. The van der Waals surface area contributed by atoms with Gasteiger partial charge in [-0.3, -0.25) is 4.90 Å². The maximum Gasteiger partial charge on any atom is 0.371 e. The maximum absolute atomic E-state index is 10.8. The molecule has 0 aliphatic rings. The molecule has 1 N–H and O–H groups in total. The third-order valence-corrected chi connectivity index (χ3v) is 3.46. The van der Waals surface area contributed by atoms with Crippen molar-refractivity contribution in [2.75, 3.05) is 20.3 Å². The van der Waals surface area contributed by atoms with Gasteiger partial charge in [0.2, 0.25) is 5.76 Å². The summed E-state index contributed by atoms with van der Waals surface area (Å²) in [6.45, 7) is 7.72. The van der Waals surface area contributed by atoms with Crippen molar-refractivity contribution in [3.63, 3.8) is 0 Å². The molecule has 1 rings (SSSR count). The van der Waals surface area contributed by atoms with E-state index in [2.05, 4.69) is 18.7 Å². The first-order valence-corrected chi connectivity index (χ1v) is 6.58. The topological polar surface area (TPSA) is 62.9 Å². The second kappa shape index (κ2) is 7.31. The minimum Gasteiger partial charge on any atom is -0.475 e. The molecule has 0 fully saturated rings. The van der Waals surface area contributed by atoms with E-state index in [-0.39, 0.29) is 11.8 Å². The minimum atomic E-state index is -1.04. The van der Waals surface area contributed by atoms with Crippen LogP contribution in [-0.2, 0) is 4.74 Å². The number of methoxy groups -OCH3 is 1. The summed E-state index contributed by atoms with van der Waals surface area (Å²) in [4.78, 5) is 13.1. The summed E-state index contributed by atoms with van der Waals surface area (Å²) in [6.07, 6.45) is 1.01. The summed E-state index contributed by atoms with van der Waals surface area (Å²) >= 11 is 0. The van der Waals surface area contributed by atoms with Crippen LogP contribution >= 0.6 is 0 Å². The first kappa shape index (κ1) is 15.7. The predicted octanol–water partition coefficient (Wildman–Crippen LogP) is 2.79. The van der Waals surface area contributed by atoms with Crippen molar-refractivity contribution < 1.29 is 19.1 Å². The van der Waals surface area contributed by atoms with E-state index in [9.17, 15) is 4.79 Å². The molecule has 108 valence electrons. The zero-order chi connectivity index (χ0) is 14.4. The first-order valence-electron chi connectivity index (χ1n) is 6.58. The van der Waals surface area contributed by atoms with Gasteiger partial charge >= 0.3 is 5.97 Å². The monoisotopic (exact) mass is 269 g/mol. The summed E-state index contributed by atoms with van der Waals surface area (Å²) in [5.74, 6) is -0.378. The number of rotatable bonds is 8. The number of hydrogen-bond donors (Lipinski definition) is 1. The SMILES string of the molecule is CCC(C)N(CCOC)C(C)c1ccc(C(=O)O)o1. The van der Waals surface area contributed by atoms with Crippen LogP contribution in [-0.4, -0.2) is 42.3 Å². The van der Waals surface area contributed by atoms with Crippen LogP contribution in [0.1, 0.15) is 49.5 Å². The van der Waals surface area contributed by atoms with E-state index < -0.39 is 5.97 Å². The molecule has 0 aromatic carbocycles. The molecule has 5 heteroatoms. The van der Waals surface area contributed by atoms with Crippen molar-refractivity contribution >= 4 is 5.97 Å². The fourth-order valence-corrected chi connectivity index (χ4v) is 2.08. The van der Waals surface area contributed by atoms with Gasteiger partial charge in [0.25, 0.3) is 0 Å². The highest BCUT2D eigenvalue weighted by atomic mass is 16.5. The Labute approximate surface area is 114 Å². The average Bonchev–Trinajstić information content (AvgIpc) is 2.88. The van der Waals surface area contributed by atoms with Gasteiger partial charge in [-0.05, 0) is 32.4 Å². The quantitative estimate of drug-likeness (QED) is 0.786. The third kappa shape index (κ3) is 4.08. The third-order valence-electron chi connectivity index (χ3n) is 3.46. The number of furan rings is 1. The summed E-state index contributed by atoms with van der Waals surface area (Å²) in [6, 6.07) is 3.64. The van der Waals surface area contributed by atoms with E-state index in [0.29, 0.717) is 18.4 Å². The molecule has 0 aliphatic heterocycles. The van der Waals surface area contributed by atoms with Crippen molar-refractivity contribution in [1.82, 2.24) is 4.90 Å². The molecule has 1 aromatic heterocycles. The Balaban J connectivity index is 2.84. The van der Waals surface area contributed by atoms with Crippen molar-refractivity contribution in [2.24, 2.45) is 0 Å². The van der Waals surface area contributed by atoms with Gasteiger partial charge in [-0.15, -0.1) is 0 Å². The number of carboxylic acid groups (broad SMARTS) is 1. The van der Waals surface area contributed by atoms with Crippen LogP contribution in [0.5, 0.6) is 0 Å². The molecule has 2 atom stereocenters. The molecule has 1 aromatic rings. The highest BCUT2D eigenvalue weighted by Crippen LogP contribution is 2.25. The number of hydrogen-bond acceptors (Lipinski definition) is 4. The van der Waals surface area contributed by atoms with E-state index >= 15 is 0 Å². The Hall–Kier alpha value is -1.33. The smallest absolute Gasteiger partial charge is 0.371 e. The zero-order valence-electron chi connectivity index (χ0n) is 12.0. The molecule has 5 nitrogen and oxygen atoms in total. The van der Waals surface area contributed by atoms with Gasteiger partial charge in [0.15, 0.2) is 0 Å². The van der Waals surface area contributed by atoms with Crippen LogP contribution in [0.15, 0.2) is 16.5 Å². The molecule has 0 radical (unpaired) electrons. The fraction of sp³-hybridized carbons (Fsp3) is 0.643. The lowest BCUT2D eigenvalue weighted by atomic mass is 10.1. The second-order valence-corrected chi connectivity index (χ2v) is 4.67. The van der Waals surface area contributed by atoms with Crippen LogP contribution < -0.4 is 0 Å². The first-order chi connectivity index (χ1) is 9.01. The van der Waals surface area contributed by atoms with Crippen molar-refractivity contribution in [3.05, 3.63) is 23.7 Å². The molecule has 0 amide bonds. The second-order valence-electron chi connectivity index (χ2n) is 4.67. The van der Waals surface area contributed by atoms with Gasteiger partial charge in [-0.1, -0.05) is 6.92 Å². The lowest BCUT2D eigenvalue weighted by Gasteiger charge is -2.32. The summed E-state index contributed by atoms with van der Waals surface area (Å²) < 4.78 is 10.5. The van der Waals surface area contributed by atoms with Gasteiger partial charge in [-0.25, -0.2) is 4.79 Å². The Morgan fingerprint density at radius 2 is 2.16 bits per heavy atom. The Morgan fingerprint density at radius 1 is 1.47 bits per heavy atom. The molecule has 0 aliphatic carbocycles. The van der Waals surface area contributed by atoms with E-state index in [0.717, 1.165) is 13.0 Å². The van der Waals surface area contributed by atoms with E-state index in [1.807, 2.05) is 6.92 Å². The summed E-state index contributed by atoms with van der Waals surface area (Å²) in [5, 5.41) is 8.89. The highest BCUT2D eigenvalue weighted by Gasteiger charge is 2.23. The maximum atomic E-state index is 10.8. The van der Waals surface area contributed by atoms with Crippen LogP contribution in [0.25, 0.3) is 0 Å². The largest absolute Gasteiger partial charge is 0.475 e. The minimum absolute atomic E-state index is 0.0160. The number of carbonyl (C=O) groups is 1. The molecule has 2 unspecified atom stereocenters. The van der Waals surface area contributed by atoms with Gasteiger partial charge < -0.3 is 14.3 Å². The van der Waals surface area contributed by atoms with Crippen LogP contribution in [0.3, 0.4) is 0 Å². The normalized spacial score (nSPS) is 14.6. The van der Waals surface area contributed by atoms with Crippen LogP contribution in [0.2, 0.25) is 0 Å². The molecular weight excluding hydrogens is 246 g/mol. The molecule has 19 heavy (non-hydrogen) atoms. The number of ether oxygens (including phenoxy) is 1. The number of aromatic carboxylic acids is 1. The highest BCUT2D eigenvalue weighted by molar-refractivity contribution is 5.84. The van der Waals surface area contributed by atoms with Gasteiger partial charge in [0.05, 0.1) is 12.6 Å². The summed E-state index contributed by atoms with van der Waals surface area (Å²) in [5.41, 5.74) is 0. The Morgan fingerprint density at radius 3 is 2.63 bits per heavy atom. The van der Waals surface area contributed by atoms with Crippen LogP contribution in [0.4, 0.5) is 0 Å². The standard InChI is InChI=1S/C14H23NO4/c1-5-10(2)15(8-9-18-4)11(3)12-6-7-13(19-12)14(16)17/h6-7,10-11H,5,8-9H2,1-4H3,(H,16,17). The zero-order valence-corrected chi connectivity index (χ0v) is 12.0. The predicted molar refractivity (Wildman–Crippen MR) is 72.4 cm³/mol. The number of carboxylic acids is 1. The molecular formula is C14H23NO4. The van der Waals surface area contributed by atoms with E-state index in [4.69, 9.17) is 14.3 Å². The lowest BCUT2D eigenvalue weighted by molar-refractivity contribution is 0.0641. The van der Waals surface area contributed by atoms with Crippen LogP contribution in [0, 0.1) is 0 Å². The van der Waals surface area contributed by atoms with Crippen molar-refractivity contribution in [3.8, 4) is 0 Å². The van der Waals surface area contributed by atoms with Crippen molar-refractivity contribution in [2.45, 2.75) is 39.3 Å². The fourth-order valence-electron chi connectivity index (χ4n) is 2.08. The van der Waals surface area contributed by atoms with E-state index in [1.165, 1.54) is 6.07 Å². The summed E-state index contributed by atoms with van der Waals surface area (Å²) in [7, 11) is 1.68. The molecule has 0 bridgehead atoms. The average molecular weight is 269 g/mol. The van der Waals surface area contributed by atoms with Gasteiger partial charge in [0, 0.05) is 19.7 Å². The molecule has 0 saturated heterocycles. The lowest BCUT2D eigenvalue weighted by Crippen LogP contribution is -2.37. The van der Waals surface area contributed by atoms with Gasteiger partial charge in [0.1, 0.15) is 5.76 Å². The molecule has 0 spiro atoms. The van der Waals surface area contributed by atoms with E-state index in [1.54, 1.807) is 13.2 Å². The molecule has 1 heterocycles. The Bertz CT molecular complexity index is 402. The molecule has 0 saturated carbocycles. The number of nitrogens with zero attached hydrogens (tertiary/aromatic N) is 1. The van der Waals surface area contributed by atoms with Crippen molar-refractivity contribution in [1.29, 1.82) is 0 Å².